The number of ether oxygens (including phenoxy) is 1. The van der Waals surface area contributed by atoms with Gasteiger partial charge in [0.1, 0.15) is 11.6 Å². The number of hydrogen-bond acceptors (Lipinski definition) is 5. The zero-order chi connectivity index (χ0) is 17.8. The Morgan fingerprint density at radius 3 is 2.60 bits per heavy atom. The van der Waals surface area contributed by atoms with Crippen molar-refractivity contribution in [3.8, 4) is 5.75 Å². The summed E-state index contributed by atoms with van der Waals surface area (Å²) in [5, 5.41) is 6.42. The number of hydrogen-bond donors (Lipinski definition) is 2. The summed E-state index contributed by atoms with van der Waals surface area (Å²) in [6.45, 7) is 0. The Bertz CT molecular complexity index is 908. The van der Waals surface area contributed by atoms with Gasteiger partial charge in [0.2, 0.25) is 5.95 Å². The van der Waals surface area contributed by atoms with E-state index in [9.17, 15) is 8.78 Å². The van der Waals surface area contributed by atoms with Gasteiger partial charge in [-0.15, -0.1) is 0 Å². The number of rotatable bonds is 5. The number of nitrogens with one attached hydrogen (secondary N) is 2. The Kier molecular flexibility index (Phi) is 4.95. The normalized spacial score (nSPS) is 10.4. The molecular weight excluding hydrogens is 350 g/mol. The standard InChI is InChI=1S/C17H13ClF2N4O/c1-25-15-5-2-10(18)8-14(15)23-17-21-7-6-16(24-17)22-11-3-4-12(19)13(20)9-11/h2-9H,1H3,(H2,21,22,23,24). The molecule has 3 rings (SSSR count). The van der Waals surface area contributed by atoms with Crippen molar-refractivity contribution in [3.05, 3.63) is 65.3 Å². The molecule has 0 aliphatic carbocycles. The van der Waals surface area contributed by atoms with Gasteiger partial charge in [-0.25, -0.2) is 13.8 Å². The van der Waals surface area contributed by atoms with Crippen molar-refractivity contribution >= 4 is 34.7 Å². The summed E-state index contributed by atoms with van der Waals surface area (Å²) in [5.41, 5.74) is 0.962. The van der Waals surface area contributed by atoms with Gasteiger partial charge in [-0.05, 0) is 36.4 Å². The molecule has 0 radical (unpaired) electrons. The fourth-order valence-corrected chi connectivity index (χ4v) is 2.28. The fourth-order valence-electron chi connectivity index (χ4n) is 2.11. The minimum Gasteiger partial charge on any atom is -0.495 e. The van der Waals surface area contributed by atoms with Gasteiger partial charge in [0.15, 0.2) is 11.6 Å². The number of aromatic nitrogens is 2. The van der Waals surface area contributed by atoms with Gasteiger partial charge in [-0.2, -0.15) is 4.98 Å². The van der Waals surface area contributed by atoms with Crippen molar-refractivity contribution < 1.29 is 13.5 Å². The molecule has 2 N–H and O–H groups in total. The number of nitrogens with zero attached hydrogens (tertiary/aromatic N) is 2. The molecule has 2 aromatic carbocycles. The second-order valence-corrected chi connectivity index (χ2v) is 5.43. The molecule has 1 heterocycles. The molecule has 0 amide bonds. The monoisotopic (exact) mass is 362 g/mol. The quantitative estimate of drug-likeness (QED) is 0.675. The van der Waals surface area contributed by atoms with Crippen molar-refractivity contribution in [3.63, 3.8) is 0 Å². The van der Waals surface area contributed by atoms with Crippen LogP contribution in [-0.4, -0.2) is 17.1 Å². The first kappa shape index (κ1) is 16.9. The average molecular weight is 363 g/mol. The smallest absolute Gasteiger partial charge is 0.229 e. The predicted molar refractivity (Wildman–Crippen MR) is 93.0 cm³/mol. The molecule has 1 aromatic heterocycles. The van der Waals surface area contributed by atoms with Gasteiger partial charge in [0, 0.05) is 23.0 Å². The highest BCUT2D eigenvalue weighted by molar-refractivity contribution is 6.31. The van der Waals surface area contributed by atoms with E-state index in [1.54, 1.807) is 24.3 Å². The van der Waals surface area contributed by atoms with Crippen molar-refractivity contribution in [2.45, 2.75) is 0 Å². The van der Waals surface area contributed by atoms with Gasteiger partial charge < -0.3 is 15.4 Å². The SMILES string of the molecule is COc1ccc(Cl)cc1Nc1nccc(Nc2ccc(F)c(F)c2)n1. The molecule has 0 saturated carbocycles. The van der Waals surface area contributed by atoms with E-state index in [0.717, 1.165) is 12.1 Å². The van der Waals surface area contributed by atoms with E-state index in [0.29, 0.717) is 28.0 Å². The lowest BCUT2D eigenvalue weighted by atomic mass is 10.3. The Labute approximate surface area is 147 Å². The third-order valence-corrected chi connectivity index (χ3v) is 3.49. The minimum absolute atomic E-state index is 0.285. The maximum Gasteiger partial charge on any atom is 0.229 e. The molecule has 0 aliphatic heterocycles. The average Bonchev–Trinajstić information content (AvgIpc) is 2.59. The van der Waals surface area contributed by atoms with Crippen LogP contribution < -0.4 is 15.4 Å². The molecule has 0 bridgehead atoms. The van der Waals surface area contributed by atoms with E-state index in [4.69, 9.17) is 16.3 Å². The van der Waals surface area contributed by atoms with Crippen LogP contribution in [0.1, 0.15) is 0 Å². The lowest BCUT2D eigenvalue weighted by Crippen LogP contribution is -2.02. The topological polar surface area (TPSA) is 59.1 Å². The van der Waals surface area contributed by atoms with Gasteiger partial charge in [0.05, 0.1) is 12.8 Å². The zero-order valence-corrected chi connectivity index (χ0v) is 13.8. The molecule has 5 nitrogen and oxygen atoms in total. The zero-order valence-electron chi connectivity index (χ0n) is 13.1. The maximum atomic E-state index is 13.3. The molecule has 128 valence electrons. The minimum atomic E-state index is -0.943. The molecule has 8 heteroatoms. The van der Waals surface area contributed by atoms with Crippen molar-refractivity contribution in [2.24, 2.45) is 0 Å². The molecule has 3 aromatic rings. The molecule has 0 aliphatic rings. The van der Waals surface area contributed by atoms with E-state index < -0.39 is 11.6 Å². The molecule has 0 atom stereocenters. The van der Waals surface area contributed by atoms with E-state index in [2.05, 4.69) is 20.6 Å². The van der Waals surface area contributed by atoms with Crippen LogP contribution >= 0.6 is 11.6 Å². The summed E-state index contributed by atoms with van der Waals surface area (Å²) in [5.74, 6) is -0.589. The molecule has 0 fully saturated rings. The second kappa shape index (κ2) is 7.31. The summed E-state index contributed by atoms with van der Waals surface area (Å²) in [4.78, 5) is 8.39. The first-order chi connectivity index (χ1) is 12.0. The van der Waals surface area contributed by atoms with Crippen LogP contribution in [0.3, 0.4) is 0 Å². The van der Waals surface area contributed by atoms with Crippen molar-refractivity contribution in [1.82, 2.24) is 9.97 Å². The van der Waals surface area contributed by atoms with Crippen molar-refractivity contribution in [1.29, 1.82) is 0 Å². The van der Waals surface area contributed by atoms with Crippen LogP contribution in [0.4, 0.5) is 31.9 Å². The highest BCUT2D eigenvalue weighted by Gasteiger charge is 2.08. The van der Waals surface area contributed by atoms with Crippen LogP contribution in [0.25, 0.3) is 0 Å². The number of methoxy groups -OCH3 is 1. The molecule has 0 unspecified atom stereocenters. The van der Waals surface area contributed by atoms with Crippen LogP contribution in [0.2, 0.25) is 5.02 Å². The Balaban J connectivity index is 1.82. The highest BCUT2D eigenvalue weighted by atomic mass is 35.5. The lowest BCUT2D eigenvalue weighted by molar-refractivity contribution is 0.417. The Hall–Kier alpha value is -2.93. The Morgan fingerprint density at radius 1 is 1.00 bits per heavy atom. The van der Waals surface area contributed by atoms with E-state index >= 15 is 0 Å². The summed E-state index contributed by atoms with van der Waals surface area (Å²) in [7, 11) is 1.54. The van der Waals surface area contributed by atoms with Crippen LogP contribution in [-0.2, 0) is 0 Å². The molecule has 0 spiro atoms. The van der Waals surface area contributed by atoms with E-state index in [-0.39, 0.29) is 5.95 Å². The van der Waals surface area contributed by atoms with Crippen LogP contribution in [0, 0.1) is 11.6 Å². The highest BCUT2D eigenvalue weighted by Crippen LogP contribution is 2.29. The molecule has 0 saturated heterocycles. The van der Waals surface area contributed by atoms with E-state index in [1.165, 1.54) is 19.4 Å². The molecule has 25 heavy (non-hydrogen) atoms. The van der Waals surface area contributed by atoms with Gasteiger partial charge >= 0.3 is 0 Å². The first-order valence-electron chi connectivity index (χ1n) is 7.21. The number of benzene rings is 2. The summed E-state index contributed by atoms with van der Waals surface area (Å²) < 4.78 is 31.5. The van der Waals surface area contributed by atoms with Crippen LogP contribution in [0.15, 0.2) is 48.7 Å². The third-order valence-electron chi connectivity index (χ3n) is 3.26. The largest absolute Gasteiger partial charge is 0.495 e. The second-order valence-electron chi connectivity index (χ2n) is 4.99. The summed E-state index contributed by atoms with van der Waals surface area (Å²) >= 11 is 5.99. The maximum absolute atomic E-state index is 13.3. The summed E-state index contributed by atoms with van der Waals surface area (Å²) in [6, 6.07) is 10.2. The third kappa shape index (κ3) is 4.13. The Morgan fingerprint density at radius 2 is 1.84 bits per heavy atom. The van der Waals surface area contributed by atoms with Gasteiger partial charge in [-0.3, -0.25) is 0 Å². The predicted octanol–water partition coefficient (Wildman–Crippen LogP) is 4.90. The summed E-state index contributed by atoms with van der Waals surface area (Å²) in [6.07, 6.45) is 1.52. The van der Waals surface area contributed by atoms with E-state index in [1.807, 2.05) is 0 Å². The lowest BCUT2D eigenvalue weighted by Gasteiger charge is -2.11. The molecular formula is C17H13ClF2N4O. The van der Waals surface area contributed by atoms with Crippen LogP contribution in [0.5, 0.6) is 5.75 Å². The fraction of sp³-hybridized carbons (Fsp3) is 0.0588. The first-order valence-corrected chi connectivity index (χ1v) is 7.58. The van der Waals surface area contributed by atoms with Crippen molar-refractivity contribution in [2.75, 3.05) is 17.7 Å². The number of anilines is 4. The number of halogens is 3. The van der Waals surface area contributed by atoms with Gasteiger partial charge in [-0.1, -0.05) is 11.6 Å². The van der Waals surface area contributed by atoms with Gasteiger partial charge in [0.25, 0.3) is 0 Å².